The molecular weight excluding hydrogens is 226 g/mol. The summed E-state index contributed by atoms with van der Waals surface area (Å²) in [4.78, 5) is 2.51. The van der Waals surface area contributed by atoms with Gasteiger partial charge in [0.1, 0.15) is 0 Å². The summed E-state index contributed by atoms with van der Waals surface area (Å²) in [6, 6.07) is 0.602. The van der Waals surface area contributed by atoms with Crippen LogP contribution in [0.25, 0.3) is 0 Å². The summed E-state index contributed by atoms with van der Waals surface area (Å²) < 4.78 is 5.51. The fourth-order valence-electron chi connectivity index (χ4n) is 2.82. The molecule has 4 nitrogen and oxygen atoms in total. The number of amidine groups is 1. The molecule has 0 aliphatic heterocycles. The lowest BCUT2D eigenvalue weighted by molar-refractivity contribution is 0.0254. The summed E-state index contributed by atoms with van der Waals surface area (Å²) in [6.07, 6.45) is 5.91. The van der Waals surface area contributed by atoms with Gasteiger partial charge in [-0.05, 0) is 31.6 Å². The van der Waals surface area contributed by atoms with E-state index in [1.54, 1.807) is 0 Å². The van der Waals surface area contributed by atoms with Crippen LogP contribution in [0.1, 0.15) is 46.0 Å². The molecule has 0 aromatic rings. The number of nitrogens with two attached hydrogens (primary N) is 1. The SMILES string of the molecule is COC1CCCC(N(CCC(=N)N)CC(C)C)C1. The summed E-state index contributed by atoms with van der Waals surface area (Å²) in [5.41, 5.74) is 5.49. The van der Waals surface area contributed by atoms with Crippen LogP contribution in [0, 0.1) is 11.3 Å². The molecule has 2 atom stereocenters. The summed E-state index contributed by atoms with van der Waals surface area (Å²) in [6.45, 7) is 6.50. The Labute approximate surface area is 111 Å². The molecule has 0 amide bonds. The Morgan fingerprint density at radius 1 is 1.44 bits per heavy atom. The van der Waals surface area contributed by atoms with Gasteiger partial charge in [-0.25, -0.2) is 0 Å². The van der Waals surface area contributed by atoms with E-state index in [9.17, 15) is 0 Å². The summed E-state index contributed by atoms with van der Waals surface area (Å²) in [5.74, 6) is 0.947. The van der Waals surface area contributed by atoms with E-state index >= 15 is 0 Å². The lowest BCUT2D eigenvalue weighted by Crippen LogP contribution is -2.43. The third kappa shape index (κ3) is 5.36. The first kappa shape index (κ1) is 15.4. The van der Waals surface area contributed by atoms with Crippen molar-refractivity contribution in [2.24, 2.45) is 11.7 Å². The van der Waals surface area contributed by atoms with Gasteiger partial charge in [0.2, 0.25) is 0 Å². The first-order valence-electron chi connectivity index (χ1n) is 7.12. The maximum absolute atomic E-state index is 7.39. The zero-order valence-electron chi connectivity index (χ0n) is 12.1. The average molecular weight is 255 g/mol. The predicted molar refractivity (Wildman–Crippen MR) is 76.0 cm³/mol. The molecule has 18 heavy (non-hydrogen) atoms. The number of ether oxygens (including phenoxy) is 1. The van der Waals surface area contributed by atoms with Crippen LogP contribution in [0.5, 0.6) is 0 Å². The monoisotopic (exact) mass is 255 g/mol. The minimum atomic E-state index is 0.294. The van der Waals surface area contributed by atoms with Gasteiger partial charge in [-0.2, -0.15) is 0 Å². The fourth-order valence-corrected chi connectivity index (χ4v) is 2.82. The molecule has 0 spiro atoms. The standard InChI is InChI=1S/C14H29N3O/c1-11(2)10-17(8-7-14(15)16)12-5-4-6-13(9-12)18-3/h11-13H,4-10H2,1-3H3,(H3,15,16). The van der Waals surface area contributed by atoms with Crippen LogP contribution in [0.15, 0.2) is 0 Å². The maximum Gasteiger partial charge on any atom is 0.0918 e. The quantitative estimate of drug-likeness (QED) is 0.541. The van der Waals surface area contributed by atoms with E-state index in [-0.39, 0.29) is 0 Å². The molecule has 1 saturated carbocycles. The zero-order valence-corrected chi connectivity index (χ0v) is 12.1. The second-order valence-electron chi connectivity index (χ2n) is 5.84. The van der Waals surface area contributed by atoms with Crippen molar-refractivity contribution in [2.75, 3.05) is 20.2 Å². The highest BCUT2D eigenvalue weighted by Crippen LogP contribution is 2.25. The van der Waals surface area contributed by atoms with Crippen LogP contribution >= 0.6 is 0 Å². The zero-order chi connectivity index (χ0) is 13.5. The Morgan fingerprint density at radius 3 is 2.72 bits per heavy atom. The summed E-state index contributed by atoms with van der Waals surface area (Å²) in [5, 5.41) is 7.39. The molecule has 0 saturated heterocycles. The van der Waals surface area contributed by atoms with E-state index in [1.807, 2.05) is 7.11 Å². The number of hydrogen-bond acceptors (Lipinski definition) is 3. The van der Waals surface area contributed by atoms with Crippen molar-refractivity contribution in [1.29, 1.82) is 5.41 Å². The molecule has 106 valence electrons. The number of methoxy groups -OCH3 is 1. The molecule has 0 bridgehead atoms. The van der Waals surface area contributed by atoms with E-state index in [2.05, 4.69) is 18.7 Å². The third-order valence-corrected chi connectivity index (χ3v) is 3.72. The van der Waals surface area contributed by atoms with Gasteiger partial charge >= 0.3 is 0 Å². The number of nitrogens with one attached hydrogen (secondary N) is 1. The first-order valence-corrected chi connectivity index (χ1v) is 7.12. The van der Waals surface area contributed by atoms with Crippen molar-refractivity contribution in [1.82, 2.24) is 4.90 Å². The highest BCUT2D eigenvalue weighted by molar-refractivity contribution is 5.76. The molecule has 4 heteroatoms. The molecule has 0 aromatic heterocycles. The second-order valence-corrected chi connectivity index (χ2v) is 5.84. The molecule has 2 unspecified atom stereocenters. The molecule has 0 aromatic carbocycles. The predicted octanol–water partition coefficient (Wildman–Crippen LogP) is 2.23. The average Bonchev–Trinajstić information content (AvgIpc) is 2.34. The Balaban J connectivity index is 2.53. The fraction of sp³-hybridized carbons (Fsp3) is 0.929. The highest BCUT2D eigenvalue weighted by Gasteiger charge is 2.26. The molecule has 1 aliphatic carbocycles. The minimum absolute atomic E-state index is 0.294. The summed E-state index contributed by atoms with van der Waals surface area (Å²) in [7, 11) is 1.81. The largest absolute Gasteiger partial charge is 0.388 e. The van der Waals surface area contributed by atoms with Crippen molar-refractivity contribution >= 4 is 5.84 Å². The van der Waals surface area contributed by atoms with Crippen LogP contribution in [0.2, 0.25) is 0 Å². The smallest absolute Gasteiger partial charge is 0.0918 e. The Morgan fingerprint density at radius 2 is 2.17 bits per heavy atom. The number of nitrogens with zero attached hydrogens (tertiary/aromatic N) is 1. The van der Waals surface area contributed by atoms with Crippen LogP contribution in [-0.2, 0) is 4.74 Å². The number of rotatable bonds is 7. The van der Waals surface area contributed by atoms with E-state index in [1.165, 1.54) is 19.3 Å². The van der Waals surface area contributed by atoms with Gasteiger partial charge in [-0.15, -0.1) is 0 Å². The van der Waals surface area contributed by atoms with Crippen LogP contribution < -0.4 is 5.73 Å². The first-order chi connectivity index (χ1) is 8.52. The van der Waals surface area contributed by atoms with Crippen molar-refractivity contribution in [3.8, 4) is 0 Å². The number of hydrogen-bond donors (Lipinski definition) is 2. The topological polar surface area (TPSA) is 62.3 Å². The van der Waals surface area contributed by atoms with Gasteiger partial charge in [0.05, 0.1) is 11.9 Å². The normalized spacial score (nSPS) is 24.7. The van der Waals surface area contributed by atoms with E-state index < -0.39 is 0 Å². The maximum atomic E-state index is 7.39. The summed E-state index contributed by atoms with van der Waals surface area (Å²) >= 11 is 0. The lowest BCUT2D eigenvalue weighted by atomic mass is 9.91. The van der Waals surface area contributed by atoms with E-state index in [0.717, 1.165) is 19.5 Å². The van der Waals surface area contributed by atoms with Crippen molar-refractivity contribution in [2.45, 2.75) is 58.1 Å². The van der Waals surface area contributed by atoms with E-state index in [0.29, 0.717) is 30.3 Å². The van der Waals surface area contributed by atoms with Gasteiger partial charge in [-0.3, -0.25) is 10.3 Å². The molecule has 3 N–H and O–H groups in total. The Bertz CT molecular complexity index is 255. The third-order valence-electron chi connectivity index (χ3n) is 3.72. The lowest BCUT2D eigenvalue weighted by Gasteiger charge is -2.38. The molecule has 0 heterocycles. The second kappa shape index (κ2) is 7.74. The van der Waals surface area contributed by atoms with Crippen molar-refractivity contribution in [3.05, 3.63) is 0 Å². The highest BCUT2D eigenvalue weighted by atomic mass is 16.5. The van der Waals surface area contributed by atoms with Crippen LogP contribution in [0.3, 0.4) is 0 Å². The van der Waals surface area contributed by atoms with Crippen molar-refractivity contribution < 1.29 is 4.74 Å². The molecule has 1 rings (SSSR count). The van der Waals surface area contributed by atoms with Gasteiger partial charge in [0, 0.05) is 32.7 Å². The molecule has 1 fully saturated rings. The Hall–Kier alpha value is -0.610. The molecule has 1 aliphatic rings. The van der Waals surface area contributed by atoms with Crippen LogP contribution in [-0.4, -0.2) is 43.1 Å². The van der Waals surface area contributed by atoms with E-state index in [4.69, 9.17) is 15.9 Å². The van der Waals surface area contributed by atoms with Gasteiger partial charge in [0.25, 0.3) is 0 Å². The minimum Gasteiger partial charge on any atom is -0.388 e. The van der Waals surface area contributed by atoms with Gasteiger partial charge in [0.15, 0.2) is 0 Å². The molecule has 0 radical (unpaired) electrons. The van der Waals surface area contributed by atoms with Crippen molar-refractivity contribution in [3.63, 3.8) is 0 Å². The van der Waals surface area contributed by atoms with Gasteiger partial charge < -0.3 is 10.5 Å². The Kier molecular flexibility index (Phi) is 6.65. The molecular formula is C14H29N3O. The van der Waals surface area contributed by atoms with Crippen LogP contribution in [0.4, 0.5) is 0 Å². The van der Waals surface area contributed by atoms with Gasteiger partial charge in [-0.1, -0.05) is 13.8 Å².